The number of urea groups is 1. The number of primary amides is 1. The minimum Gasteiger partial charge on any atom is -0.457 e. The van der Waals surface area contributed by atoms with Gasteiger partial charge in [0.05, 0.1) is 166 Å². The second-order valence-corrected chi connectivity index (χ2v) is 30.6. The van der Waals surface area contributed by atoms with Crippen LogP contribution in [0.1, 0.15) is 98.4 Å². The number of esters is 1. The van der Waals surface area contributed by atoms with Crippen LogP contribution >= 0.6 is 0 Å². The summed E-state index contributed by atoms with van der Waals surface area (Å²) in [6, 6.07) is 13.0. The molecule has 6 amide bonds. The maximum atomic E-state index is 14.4. The van der Waals surface area contributed by atoms with Crippen LogP contribution in [0.4, 0.5) is 15.3 Å². The number of pyridine rings is 2. The average molecular weight is 1660 g/mol. The molecular formula is C76H102N14O24S2. The van der Waals surface area contributed by atoms with Gasteiger partial charge in [-0.05, 0) is 81.3 Å². The van der Waals surface area contributed by atoms with Crippen LogP contribution in [0, 0.1) is 11.8 Å². The first kappa shape index (κ1) is 91.5. The van der Waals surface area contributed by atoms with Crippen molar-refractivity contribution in [1.82, 2.24) is 60.1 Å². The molecule has 0 bridgehead atoms. The Balaban J connectivity index is 0.608. The number of hydrogen-bond acceptors (Lipinski definition) is 29. The molecule has 40 heteroatoms. The SMILES string of the molecule is CC[C@@]1(OC(=O)OCc2ccc(NC(=O)[C@H](CCCNC(N)=O)NC(=O)COCC(=O)NCCOCCOCCOCCOCCOCCOCCOCCOCCn3cc(CNC(=O)CCCC#Cc4cnc(S(C)(=O)=O)nc4)nn3)cc2)C(=O)OCc2c1cc1n(c2=O)Cc2c-1nc1ccccc1c2CCN(C(C)C)S(C)(=O)=O. The van der Waals surface area contributed by atoms with Gasteiger partial charge in [-0.25, -0.2) is 50.9 Å². The zero-order valence-electron chi connectivity index (χ0n) is 65.7. The quantitative estimate of drug-likeness (QED) is 0.0138. The van der Waals surface area contributed by atoms with Crippen LogP contribution in [-0.2, 0) is 146 Å². The van der Waals surface area contributed by atoms with Gasteiger partial charge in [0, 0.05) is 79.4 Å². The number of aromatic nitrogens is 7. The lowest BCUT2D eigenvalue weighted by Crippen LogP contribution is -2.47. The van der Waals surface area contributed by atoms with Crippen LogP contribution in [0.2, 0.25) is 0 Å². The molecule has 2 aromatic carbocycles. The topological polar surface area (TPSA) is 479 Å². The summed E-state index contributed by atoms with van der Waals surface area (Å²) in [4.78, 5) is 117. The number of hydrogen-bond donors (Lipinski definition) is 6. The molecule has 6 heterocycles. The van der Waals surface area contributed by atoms with Crippen LogP contribution in [-0.4, -0.2) is 261 Å². The second-order valence-electron chi connectivity index (χ2n) is 26.8. The zero-order valence-corrected chi connectivity index (χ0v) is 67.3. The van der Waals surface area contributed by atoms with Gasteiger partial charge < -0.3 is 93.7 Å². The van der Waals surface area contributed by atoms with Crippen LogP contribution in [0.5, 0.6) is 0 Å². The van der Waals surface area contributed by atoms with Gasteiger partial charge >= 0.3 is 18.2 Å². The fourth-order valence-electron chi connectivity index (χ4n) is 12.1. The highest BCUT2D eigenvalue weighted by molar-refractivity contribution is 7.90. The van der Waals surface area contributed by atoms with Gasteiger partial charge in [0.1, 0.15) is 38.2 Å². The summed E-state index contributed by atoms with van der Waals surface area (Å²) in [6.45, 7) is 10.5. The number of nitrogens with one attached hydrogen (secondary N) is 5. The number of ether oxygens (including phenoxy) is 12. The van der Waals surface area contributed by atoms with E-state index >= 15 is 0 Å². The number of nitrogens with zero attached hydrogens (tertiary/aromatic N) is 8. The maximum absolute atomic E-state index is 14.4. The lowest BCUT2D eigenvalue weighted by Gasteiger charge is -2.35. The van der Waals surface area contributed by atoms with E-state index in [9.17, 15) is 55.2 Å². The van der Waals surface area contributed by atoms with Crippen LogP contribution in [0.25, 0.3) is 22.3 Å². The highest BCUT2D eigenvalue weighted by Crippen LogP contribution is 2.42. The molecule has 2 atom stereocenters. The molecule has 0 spiro atoms. The fraction of sp³-hybridized carbons (Fsp3) is 0.539. The molecule has 0 saturated heterocycles. The molecule has 632 valence electrons. The third-order valence-corrected chi connectivity index (χ3v) is 20.1. The van der Waals surface area contributed by atoms with Crippen LogP contribution < -0.4 is 37.9 Å². The molecular weight excluding hydrogens is 1560 g/mol. The number of fused-ring (bicyclic) bond motifs is 5. The number of amides is 6. The Bertz CT molecular complexity index is 4620. The highest BCUT2D eigenvalue weighted by Gasteiger charge is 2.51. The van der Waals surface area contributed by atoms with E-state index in [1.165, 1.54) is 39.7 Å². The molecule has 4 aromatic heterocycles. The third-order valence-electron chi connectivity index (χ3n) is 17.8. The van der Waals surface area contributed by atoms with Crippen molar-refractivity contribution in [2.24, 2.45) is 5.73 Å². The molecule has 2 aliphatic heterocycles. The number of benzene rings is 2. The Hall–Kier alpha value is -10.0. The Morgan fingerprint density at radius 3 is 1.96 bits per heavy atom. The number of nitrogens with two attached hydrogens (primary N) is 1. The largest absolute Gasteiger partial charge is 0.510 e. The normalized spacial score (nSPS) is 13.9. The van der Waals surface area contributed by atoms with Crippen molar-refractivity contribution in [1.29, 1.82) is 0 Å². The maximum Gasteiger partial charge on any atom is 0.510 e. The minimum atomic E-state index is -3.55. The van der Waals surface area contributed by atoms with Gasteiger partial charge in [-0.2, -0.15) is 4.31 Å². The molecule has 116 heavy (non-hydrogen) atoms. The summed E-state index contributed by atoms with van der Waals surface area (Å²) in [5, 5.41) is 21.9. The number of carbonyl (C=O) groups excluding carboxylic acids is 7. The first-order chi connectivity index (χ1) is 55.8. The molecule has 7 N–H and O–H groups in total. The number of sulfonamides is 1. The van der Waals surface area contributed by atoms with Gasteiger partial charge in [-0.15, -0.1) is 5.10 Å². The predicted molar refractivity (Wildman–Crippen MR) is 416 cm³/mol. The van der Waals surface area contributed by atoms with Crippen molar-refractivity contribution in [3.63, 3.8) is 0 Å². The Kier molecular flexibility index (Phi) is 37.3. The van der Waals surface area contributed by atoms with E-state index in [-0.39, 0.29) is 113 Å². The number of rotatable bonds is 53. The van der Waals surface area contributed by atoms with E-state index in [4.69, 9.17) is 67.6 Å². The van der Waals surface area contributed by atoms with E-state index in [1.807, 2.05) is 24.3 Å². The van der Waals surface area contributed by atoms with Gasteiger partial charge in [0.15, 0.2) is 0 Å². The summed E-state index contributed by atoms with van der Waals surface area (Å²) in [7, 11) is -7.04. The van der Waals surface area contributed by atoms with Crippen molar-refractivity contribution in [2.45, 2.75) is 121 Å². The Morgan fingerprint density at radius 1 is 0.724 bits per heavy atom. The van der Waals surface area contributed by atoms with Gasteiger partial charge in [-0.1, -0.05) is 54.3 Å². The van der Waals surface area contributed by atoms with Crippen LogP contribution in [0.15, 0.2) is 83.1 Å². The van der Waals surface area contributed by atoms with Gasteiger partial charge in [-0.3, -0.25) is 24.0 Å². The van der Waals surface area contributed by atoms with E-state index in [2.05, 4.69) is 58.7 Å². The molecule has 2 aliphatic rings. The molecule has 0 fully saturated rings. The fourth-order valence-corrected chi connectivity index (χ4v) is 13.7. The lowest BCUT2D eigenvalue weighted by molar-refractivity contribution is -0.175. The van der Waals surface area contributed by atoms with Crippen LogP contribution in [0.3, 0.4) is 0 Å². The van der Waals surface area contributed by atoms with Gasteiger partial charge in [0.25, 0.3) is 5.56 Å². The summed E-state index contributed by atoms with van der Waals surface area (Å²) in [5.41, 5.74) is 7.70. The first-order valence-corrected chi connectivity index (χ1v) is 41.6. The number of carbonyl (C=O) groups is 7. The summed E-state index contributed by atoms with van der Waals surface area (Å²) in [5.74, 6) is 2.88. The molecule has 0 unspecified atom stereocenters. The number of sulfone groups is 1. The molecule has 0 aliphatic carbocycles. The smallest absolute Gasteiger partial charge is 0.457 e. The van der Waals surface area contributed by atoms with Crippen molar-refractivity contribution >= 4 is 78.2 Å². The molecule has 6 aromatic rings. The molecule has 0 radical (unpaired) electrons. The van der Waals surface area contributed by atoms with E-state index in [1.54, 1.807) is 49.8 Å². The number of anilines is 1. The van der Waals surface area contributed by atoms with E-state index in [0.29, 0.717) is 158 Å². The first-order valence-electron chi connectivity index (χ1n) is 37.9. The lowest BCUT2D eigenvalue weighted by atomic mass is 9.85. The summed E-state index contributed by atoms with van der Waals surface area (Å²) >= 11 is 0. The monoisotopic (exact) mass is 1660 g/mol. The number of para-hydroxylation sites is 1. The standard InChI is InChI=1S/C76H102N14O24S2/c1-6-76(62-43-65-69-60(48-89(65)71(95)61(62)50-112-72(76)96)58(59-14-10-11-15-63(59)85-69)22-25-90(53(2)3)116(5,101)102)114-75(98)113-49-54-18-20-56(21-19-54)83-70(94)64(16-12-23-79-73(77)97)84-68(93)52-111-51-67(92)78-24-27-103-29-31-105-33-35-107-37-39-109-41-42-110-40-38-108-36-34-106-32-30-104-28-26-88-47-57(86-87-88)46-80-66(91)17-9-7-8-13-55-44-81-74(82-45-55)115(4,99)100/h10-11,14-15,18-21,43-45,47,53,64H,6-7,9,12,16-17,22-42,46,48-52H2,1-5H3,(H,78,92)(H,80,91)(H,83,94)(H,84,93)(H3,77,79,97)/t64-,76-/m0/s1. The third kappa shape index (κ3) is 29.6. The number of cyclic esters (lactones) is 1. The van der Waals surface area contributed by atoms with Crippen molar-refractivity contribution in [3.8, 4) is 23.2 Å². The predicted octanol–water partition coefficient (Wildman–Crippen LogP) is 2.11. The summed E-state index contributed by atoms with van der Waals surface area (Å²) in [6.07, 6.45) is 7.14. The van der Waals surface area contributed by atoms with Crippen molar-refractivity contribution < 1.29 is 107 Å². The molecule has 8 rings (SSSR count). The second kappa shape index (κ2) is 47.2. The van der Waals surface area contributed by atoms with Crippen molar-refractivity contribution in [3.05, 3.63) is 123 Å². The van der Waals surface area contributed by atoms with E-state index in [0.717, 1.165) is 22.8 Å². The number of unbranched alkanes of at least 4 members (excludes halogenated alkanes) is 1. The zero-order chi connectivity index (χ0) is 83.3. The highest BCUT2D eigenvalue weighted by atomic mass is 32.2. The summed E-state index contributed by atoms with van der Waals surface area (Å²) < 4.78 is 120. The Morgan fingerprint density at radius 2 is 1.34 bits per heavy atom. The minimum absolute atomic E-state index is 0.0635. The van der Waals surface area contributed by atoms with Crippen molar-refractivity contribution in [2.75, 3.05) is 156 Å². The Labute approximate surface area is 671 Å². The molecule has 38 nitrogen and oxygen atoms in total. The molecule has 0 saturated carbocycles. The van der Waals surface area contributed by atoms with E-state index < -0.39 is 86.2 Å². The average Bonchev–Trinajstić information content (AvgIpc) is 1.55. The van der Waals surface area contributed by atoms with Gasteiger partial charge in [0.2, 0.25) is 54.2 Å².